The van der Waals surface area contributed by atoms with Gasteiger partial charge in [-0.25, -0.2) is 4.39 Å². The maximum atomic E-state index is 12.4. The van der Waals surface area contributed by atoms with E-state index in [-0.39, 0.29) is 11.6 Å². The van der Waals surface area contributed by atoms with Gasteiger partial charge in [0.05, 0.1) is 19.0 Å². The molecule has 0 unspecified atom stereocenters. The molecule has 0 aromatic carbocycles. The van der Waals surface area contributed by atoms with E-state index in [1.807, 2.05) is 13.8 Å². The smallest absolute Gasteiger partial charge is 0.0872 e. The average molecular weight is 199 g/mol. The van der Waals surface area contributed by atoms with E-state index < -0.39 is 0 Å². The van der Waals surface area contributed by atoms with Gasteiger partial charge in [0.1, 0.15) is 0 Å². The van der Waals surface area contributed by atoms with Crippen LogP contribution in [0.5, 0.6) is 0 Å². The number of ether oxygens (including phenoxy) is 1. The molecule has 3 heteroatoms. The molecular formula is C11H18FNO. The molecule has 2 aliphatic rings. The summed E-state index contributed by atoms with van der Waals surface area (Å²) < 4.78 is 18.1. The number of fused-ring (bicyclic) bond motifs is 1. The summed E-state index contributed by atoms with van der Waals surface area (Å²) in [5.41, 5.74) is 1.07. The highest BCUT2D eigenvalue weighted by Crippen LogP contribution is 2.43. The lowest BCUT2D eigenvalue weighted by molar-refractivity contribution is -0.0647. The topological polar surface area (TPSA) is 12.5 Å². The molecular weight excluding hydrogens is 181 g/mol. The highest BCUT2D eigenvalue weighted by molar-refractivity contribution is 5.21. The molecule has 2 rings (SSSR count). The minimum atomic E-state index is 0.141. The van der Waals surface area contributed by atoms with Crippen LogP contribution in [0.25, 0.3) is 0 Å². The lowest BCUT2D eigenvalue weighted by atomic mass is 9.85. The summed E-state index contributed by atoms with van der Waals surface area (Å²) in [5, 5.41) is 0. The van der Waals surface area contributed by atoms with Gasteiger partial charge in [-0.1, -0.05) is 0 Å². The molecule has 0 bridgehead atoms. The SMILES string of the molecule is CC(C)OC[C@@]12CCN1C/C(=C/F)C2. The molecule has 2 nitrogen and oxygen atoms in total. The van der Waals surface area contributed by atoms with E-state index in [0.29, 0.717) is 0 Å². The standard InChI is InChI=1S/C11H18FNO/c1-9(2)14-8-11-3-4-13(11)7-10(5-11)6-12/h6,9H,3-5,7-8H2,1-2H3/b10-6+/t11-/m0/s1. The third-order valence-corrected chi connectivity index (χ3v) is 3.31. The van der Waals surface area contributed by atoms with Crippen molar-refractivity contribution in [1.29, 1.82) is 0 Å². The van der Waals surface area contributed by atoms with E-state index in [4.69, 9.17) is 4.74 Å². The fraction of sp³-hybridized carbons (Fsp3) is 0.818. The second kappa shape index (κ2) is 3.63. The Kier molecular flexibility index (Phi) is 2.62. The second-order valence-corrected chi connectivity index (χ2v) is 4.70. The first-order valence-corrected chi connectivity index (χ1v) is 5.31. The lowest BCUT2D eigenvalue weighted by Crippen LogP contribution is -2.58. The molecule has 0 N–H and O–H groups in total. The minimum absolute atomic E-state index is 0.141. The molecule has 0 radical (unpaired) electrons. The van der Waals surface area contributed by atoms with Crippen molar-refractivity contribution in [2.24, 2.45) is 0 Å². The molecule has 80 valence electrons. The van der Waals surface area contributed by atoms with E-state index in [9.17, 15) is 4.39 Å². The van der Waals surface area contributed by atoms with Gasteiger partial charge in [-0.2, -0.15) is 0 Å². The van der Waals surface area contributed by atoms with Crippen LogP contribution in [-0.2, 0) is 4.74 Å². The molecule has 0 saturated carbocycles. The number of hydrogen-bond donors (Lipinski definition) is 0. The maximum absolute atomic E-state index is 12.4. The van der Waals surface area contributed by atoms with Gasteiger partial charge in [0.25, 0.3) is 0 Å². The Morgan fingerprint density at radius 1 is 1.64 bits per heavy atom. The molecule has 0 spiro atoms. The van der Waals surface area contributed by atoms with Gasteiger partial charge in [-0.15, -0.1) is 0 Å². The van der Waals surface area contributed by atoms with Gasteiger partial charge in [0, 0.05) is 18.6 Å². The first-order valence-electron chi connectivity index (χ1n) is 5.31. The van der Waals surface area contributed by atoms with Crippen molar-refractivity contribution >= 4 is 0 Å². The third-order valence-electron chi connectivity index (χ3n) is 3.31. The molecule has 0 amide bonds. The van der Waals surface area contributed by atoms with Crippen LogP contribution < -0.4 is 0 Å². The van der Waals surface area contributed by atoms with Crippen molar-refractivity contribution in [3.8, 4) is 0 Å². The zero-order chi connectivity index (χ0) is 10.2. The maximum Gasteiger partial charge on any atom is 0.0872 e. The summed E-state index contributed by atoms with van der Waals surface area (Å²) in [7, 11) is 0. The molecule has 1 atom stereocenters. The third kappa shape index (κ3) is 1.59. The summed E-state index contributed by atoms with van der Waals surface area (Å²) >= 11 is 0. The van der Waals surface area contributed by atoms with Crippen molar-refractivity contribution in [3.05, 3.63) is 11.9 Å². The average Bonchev–Trinajstić information content (AvgIpc) is 2.37. The van der Waals surface area contributed by atoms with Crippen LogP contribution >= 0.6 is 0 Å². The number of nitrogens with zero attached hydrogens (tertiary/aromatic N) is 1. The van der Waals surface area contributed by atoms with Crippen molar-refractivity contribution in [2.75, 3.05) is 19.7 Å². The fourth-order valence-corrected chi connectivity index (χ4v) is 2.37. The predicted octanol–water partition coefficient (Wildman–Crippen LogP) is 2.11. The van der Waals surface area contributed by atoms with E-state index in [2.05, 4.69) is 4.90 Å². The van der Waals surface area contributed by atoms with Crippen LogP contribution in [0.1, 0.15) is 26.7 Å². The normalized spacial score (nSPS) is 35.0. The lowest BCUT2D eigenvalue weighted by Gasteiger charge is -2.47. The molecule has 2 fully saturated rings. The summed E-state index contributed by atoms with van der Waals surface area (Å²) in [5.74, 6) is 0. The Bertz CT molecular complexity index is 252. The molecule has 0 aromatic rings. The molecule has 0 aromatic heterocycles. The summed E-state index contributed by atoms with van der Waals surface area (Å²) in [6.07, 6.45) is 3.05. The Morgan fingerprint density at radius 2 is 2.43 bits per heavy atom. The largest absolute Gasteiger partial charge is 0.377 e. The Morgan fingerprint density at radius 3 is 2.93 bits per heavy atom. The van der Waals surface area contributed by atoms with Gasteiger partial charge in [-0.05, 0) is 32.3 Å². The van der Waals surface area contributed by atoms with Crippen LogP contribution in [0.4, 0.5) is 4.39 Å². The first-order chi connectivity index (χ1) is 6.66. The van der Waals surface area contributed by atoms with Crippen molar-refractivity contribution in [1.82, 2.24) is 4.90 Å². The van der Waals surface area contributed by atoms with Gasteiger partial charge in [0.15, 0.2) is 0 Å². The molecule has 0 aliphatic carbocycles. The van der Waals surface area contributed by atoms with Crippen LogP contribution in [0.15, 0.2) is 11.9 Å². The first kappa shape index (κ1) is 10.1. The van der Waals surface area contributed by atoms with Crippen LogP contribution in [0, 0.1) is 0 Å². The Labute approximate surface area is 84.7 Å². The summed E-state index contributed by atoms with van der Waals surface area (Å²) in [4.78, 5) is 2.33. The van der Waals surface area contributed by atoms with Crippen LogP contribution in [-0.4, -0.2) is 36.2 Å². The van der Waals surface area contributed by atoms with Gasteiger partial charge < -0.3 is 4.74 Å². The monoisotopic (exact) mass is 199 g/mol. The van der Waals surface area contributed by atoms with Crippen LogP contribution in [0.2, 0.25) is 0 Å². The highest BCUT2D eigenvalue weighted by Gasteiger charge is 2.50. The Hall–Kier alpha value is -0.410. The molecule has 2 aliphatic heterocycles. The number of hydrogen-bond acceptors (Lipinski definition) is 2. The summed E-state index contributed by atoms with van der Waals surface area (Å²) in [6, 6.07) is 0. The molecule has 2 heterocycles. The van der Waals surface area contributed by atoms with Gasteiger partial charge in [0.2, 0.25) is 0 Å². The van der Waals surface area contributed by atoms with E-state index in [0.717, 1.165) is 44.4 Å². The van der Waals surface area contributed by atoms with Crippen LogP contribution in [0.3, 0.4) is 0 Å². The Balaban J connectivity index is 1.96. The van der Waals surface area contributed by atoms with Crippen molar-refractivity contribution in [3.63, 3.8) is 0 Å². The quantitative estimate of drug-likeness (QED) is 0.690. The zero-order valence-corrected chi connectivity index (χ0v) is 8.92. The zero-order valence-electron chi connectivity index (χ0n) is 8.92. The van der Waals surface area contributed by atoms with Crippen molar-refractivity contribution < 1.29 is 9.13 Å². The van der Waals surface area contributed by atoms with Gasteiger partial charge >= 0.3 is 0 Å². The number of halogens is 1. The second-order valence-electron chi connectivity index (χ2n) is 4.70. The fourth-order valence-electron chi connectivity index (χ4n) is 2.37. The van der Waals surface area contributed by atoms with Crippen molar-refractivity contribution in [2.45, 2.75) is 38.3 Å². The van der Waals surface area contributed by atoms with Gasteiger partial charge in [-0.3, -0.25) is 4.90 Å². The molecule has 2 saturated heterocycles. The minimum Gasteiger partial charge on any atom is -0.377 e. The molecule has 14 heavy (non-hydrogen) atoms. The van der Waals surface area contributed by atoms with E-state index >= 15 is 0 Å². The summed E-state index contributed by atoms with van der Waals surface area (Å²) in [6.45, 7) is 6.74. The van der Waals surface area contributed by atoms with E-state index in [1.54, 1.807) is 0 Å². The predicted molar refractivity (Wildman–Crippen MR) is 53.8 cm³/mol. The highest BCUT2D eigenvalue weighted by atomic mass is 19.1. The number of rotatable bonds is 3. The van der Waals surface area contributed by atoms with E-state index in [1.165, 1.54) is 0 Å².